The maximum Gasteiger partial charge on any atom is 0.251 e. The minimum Gasteiger partial charge on any atom is -0.343 e. The van der Waals surface area contributed by atoms with E-state index in [2.05, 4.69) is 22.0 Å². The van der Waals surface area contributed by atoms with Gasteiger partial charge in [0.25, 0.3) is 5.91 Å². The highest BCUT2D eigenvalue weighted by molar-refractivity contribution is 6.01. The molecule has 0 saturated carbocycles. The summed E-state index contributed by atoms with van der Waals surface area (Å²) in [6, 6.07) is 6.68. The molecule has 0 radical (unpaired) electrons. The van der Waals surface area contributed by atoms with Crippen LogP contribution in [0.5, 0.6) is 0 Å². The van der Waals surface area contributed by atoms with Gasteiger partial charge < -0.3 is 14.7 Å². The summed E-state index contributed by atoms with van der Waals surface area (Å²) >= 11 is 0. The van der Waals surface area contributed by atoms with Crippen molar-refractivity contribution in [3.63, 3.8) is 0 Å². The Morgan fingerprint density at radius 3 is 2.44 bits per heavy atom. The molecule has 2 aromatic rings. The fourth-order valence-corrected chi connectivity index (χ4v) is 1.99. The van der Waals surface area contributed by atoms with Gasteiger partial charge in [0.1, 0.15) is 0 Å². The highest BCUT2D eigenvalue weighted by Crippen LogP contribution is 2.18. The smallest absolute Gasteiger partial charge is 0.251 e. The maximum atomic E-state index is 12.2. The molecule has 0 aliphatic heterocycles. The number of rotatable bonds is 5. The van der Waals surface area contributed by atoms with E-state index in [0.717, 1.165) is 0 Å². The minimum atomic E-state index is -0.264. The molecule has 1 aromatic carbocycles. The van der Waals surface area contributed by atoms with E-state index in [1.807, 2.05) is 20.8 Å². The number of benzene rings is 1. The predicted octanol–water partition coefficient (Wildman–Crippen LogP) is 2.45. The Morgan fingerprint density at radius 2 is 1.92 bits per heavy atom. The fourth-order valence-electron chi connectivity index (χ4n) is 1.99. The predicted molar refractivity (Wildman–Crippen MR) is 94.2 cm³/mol. The van der Waals surface area contributed by atoms with Gasteiger partial charge in [-0.1, -0.05) is 32.5 Å². The van der Waals surface area contributed by atoms with E-state index in [1.54, 1.807) is 31.3 Å². The van der Waals surface area contributed by atoms with Crippen LogP contribution in [-0.2, 0) is 16.8 Å². The second kappa shape index (κ2) is 7.29. The molecule has 0 fully saturated rings. The lowest BCUT2D eigenvalue weighted by atomic mass is 9.96. The normalized spacial score (nSPS) is 11.0. The van der Waals surface area contributed by atoms with E-state index in [9.17, 15) is 9.59 Å². The van der Waals surface area contributed by atoms with Gasteiger partial charge >= 0.3 is 0 Å². The lowest BCUT2D eigenvalue weighted by molar-refractivity contribution is -0.113. The van der Waals surface area contributed by atoms with Gasteiger partial charge in [0.05, 0.1) is 6.54 Å². The zero-order chi connectivity index (χ0) is 18.6. The van der Waals surface area contributed by atoms with Crippen LogP contribution in [0, 0.1) is 0 Å². The molecular formula is C18H22N4O3. The van der Waals surface area contributed by atoms with Crippen LogP contribution in [-0.4, -0.2) is 29.0 Å². The number of carbonyl (C=O) groups excluding carboxylic acids is 2. The molecule has 132 valence electrons. The topological polar surface area (TPSA) is 88.3 Å². The Kier molecular flexibility index (Phi) is 5.36. The molecule has 7 heteroatoms. The van der Waals surface area contributed by atoms with Crippen molar-refractivity contribution in [1.82, 2.24) is 15.5 Å². The van der Waals surface area contributed by atoms with E-state index in [4.69, 9.17) is 4.52 Å². The Bertz CT molecular complexity index is 772. The van der Waals surface area contributed by atoms with Crippen LogP contribution >= 0.6 is 0 Å². The van der Waals surface area contributed by atoms with Crippen molar-refractivity contribution in [3.05, 3.63) is 54.2 Å². The molecule has 1 heterocycles. The molecule has 7 nitrogen and oxygen atoms in total. The van der Waals surface area contributed by atoms with Crippen molar-refractivity contribution < 1.29 is 14.1 Å². The molecule has 0 bridgehead atoms. The summed E-state index contributed by atoms with van der Waals surface area (Å²) in [4.78, 5) is 29.5. The Balaban J connectivity index is 1.98. The number of hydrogen-bond donors (Lipinski definition) is 1. The van der Waals surface area contributed by atoms with Gasteiger partial charge in [-0.15, -0.1) is 0 Å². The first-order chi connectivity index (χ1) is 11.7. The van der Waals surface area contributed by atoms with Crippen molar-refractivity contribution in [2.45, 2.75) is 32.7 Å². The van der Waals surface area contributed by atoms with E-state index in [1.165, 1.54) is 11.0 Å². The third-order valence-corrected chi connectivity index (χ3v) is 3.56. The summed E-state index contributed by atoms with van der Waals surface area (Å²) in [5.74, 6) is 0.463. The zero-order valence-electron chi connectivity index (χ0n) is 14.9. The van der Waals surface area contributed by atoms with Crippen molar-refractivity contribution in [2.24, 2.45) is 0 Å². The molecule has 1 N–H and O–H groups in total. The molecule has 2 rings (SSSR count). The average molecular weight is 342 g/mol. The lowest BCUT2D eigenvalue weighted by Crippen LogP contribution is -2.25. The number of likely N-dealkylation sites (N-methyl/N-ethyl adjacent to an activating group) is 1. The molecule has 2 amide bonds. The van der Waals surface area contributed by atoms with Crippen LogP contribution in [0.3, 0.4) is 0 Å². The molecule has 0 aliphatic carbocycles. The Hall–Kier alpha value is -2.96. The highest BCUT2D eigenvalue weighted by atomic mass is 16.5. The summed E-state index contributed by atoms with van der Waals surface area (Å²) in [5, 5.41) is 6.64. The molecule has 0 spiro atoms. The van der Waals surface area contributed by atoms with Gasteiger partial charge in [-0.2, -0.15) is 4.98 Å². The van der Waals surface area contributed by atoms with Crippen LogP contribution in [0.4, 0.5) is 5.69 Å². The second-order valence-electron chi connectivity index (χ2n) is 6.59. The number of carbonyl (C=O) groups is 2. The minimum absolute atomic E-state index is 0.151. The summed E-state index contributed by atoms with van der Waals surface area (Å²) < 4.78 is 5.14. The van der Waals surface area contributed by atoms with Crippen LogP contribution in [0.2, 0.25) is 0 Å². The first kappa shape index (κ1) is 18.4. The van der Waals surface area contributed by atoms with Gasteiger partial charge in [-0.3, -0.25) is 9.59 Å². The van der Waals surface area contributed by atoms with Crippen LogP contribution in [0.15, 0.2) is 41.4 Å². The maximum absolute atomic E-state index is 12.2. The van der Waals surface area contributed by atoms with Gasteiger partial charge in [0.2, 0.25) is 11.8 Å². The zero-order valence-corrected chi connectivity index (χ0v) is 14.9. The molecule has 1 aromatic heterocycles. The Morgan fingerprint density at radius 1 is 1.28 bits per heavy atom. The molecule has 0 unspecified atom stereocenters. The first-order valence-corrected chi connectivity index (χ1v) is 7.84. The van der Waals surface area contributed by atoms with Crippen molar-refractivity contribution in [2.75, 3.05) is 11.9 Å². The Labute approximate surface area is 146 Å². The summed E-state index contributed by atoms with van der Waals surface area (Å²) in [5.41, 5.74) is 0.933. The van der Waals surface area contributed by atoms with Crippen LogP contribution in [0.25, 0.3) is 0 Å². The van der Waals surface area contributed by atoms with Gasteiger partial charge in [0.15, 0.2) is 5.82 Å². The number of nitrogens with zero attached hydrogens (tertiary/aromatic N) is 3. The molecule has 0 saturated heterocycles. The summed E-state index contributed by atoms with van der Waals surface area (Å²) in [7, 11) is 1.64. The standard InChI is InChI=1S/C18H22N4O3/c1-6-15(23)22(5)13-9-7-12(8-10-13)16(24)19-11-14-20-17(21-25-14)18(2,3)4/h6-10H,1,11H2,2-5H3,(H,19,24). The third kappa shape index (κ3) is 4.53. The van der Waals surface area contributed by atoms with Gasteiger partial charge in [-0.05, 0) is 30.3 Å². The third-order valence-electron chi connectivity index (χ3n) is 3.56. The van der Waals surface area contributed by atoms with E-state index in [-0.39, 0.29) is 23.8 Å². The van der Waals surface area contributed by atoms with E-state index < -0.39 is 0 Å². The van der Waals surface area contributed by atoms with Gasteiger partial charge in [-0.25, -0.2) is 0 Å². The SMILES string of the molecule is C=CC(=O)N(C)c1ccc(C(=O)NCc2nc(C(C)(C)C)no2)cc1. The summed E-state index contributed by atoms with van der Waals surface area (Å²) in [6.45, 7) is 9.55. The molecule has 0 atom stereocenters. The first-order valence-electron chi connectivity index (χ1n) is 7.84. The average Bonchev–Trinajstić information content (AvgIpc) is 3.08. The molecular weight excluding hydrogens is 320 g/mol. The number of hydrogen-bond acceptors (Lipinski definition) is 5. The van der Waals surface area contributed by atoms with Gasteiger partial charge in [0, 0.05) is 23.7 Å². The second-order valence-corrected chi connectivity index (χ2v) is 6.59. The van der Waals surface area contributed by atoms with Crippen molar-refractivity contribution >= 4 is 17.5 Å². The van der Waals surface area contributed by atoms with Crippen LogP contribution in [0.1, 0.15) is 42.8 Å². The molecule has 0 aliphatic rings. The number of nitrogens with one attached hydrogen (secondary N) is 1. The van der Waals surface area contributed by atoms with Crippen molar-refractivity contribution in [1.29, 1.82) is 0 Å². The van der Waals surface area contributed by atoms with E-state index >= 15 is 0 Å². The number of aromatic nitrogens is 2. The fraction of sp³-hybridized carbons (Fsp3) is 0.333. The molecule has 25 heavy (non-hydrogen) atoms. The van der Waals surface area contributed by atoms with E-state index in [0.29, 0.717) is 23.0 Å². The summed E-state index contributed by atoms with van der Waals surface area (Å²) in [6.07, 6.45) is 1.23. The largest absolute Gasteiger partial charge is 0.343 e. The quantitative estimate of drug-likeness (QED) is 0.843. The monoisotopic (exact) mass is 342 g/mol. The lowest BCUT2D eigenvalue weighted by Gasteiger charge is -2.15. The number of anilines is 1. The highest BCUT2D eigenvalue weighted by Gasteiger charge is 2.21. The van der Waals surface area contributed by atoms with Crippen molar-refractivity contribution in [3.8, 4) is 0 Å². The number of amides is 2. The van der Waals surface area contributed by atoms with Crippen LogP contribution < -0.4 is 10.2 Å².